The predicted octanol–water partition coefficient (Wildman–Crippen LogP) is 2.02. The van der Waals surface area contributed by atoms with Gasteiger partial charge in [-0.1, -0.05) is 18.5 Å². The van der Waals surface area contributed by atoms with E-state index in [4.69, 9.17) is 16.6 Å². The summed E-state index contributed by atoms with van der Waals surface area (Å²) in [7, 11) is 0. The molecular formula is C13H18ClN3. The van der Waals surface area contributed by atoms with E-state index in [1.54, 1.807) is 0 Å². The normalized spacial score (nSPS) is 26.9. The van der Waals surface area contributed by atoms with E-state index in [1.807, 2.05) is 0 Å². The topological polar surface area (TPSA) is 28.2 Å². The van der Waals surface area contributed by atoms with Gasteiger partial charge in [-0.2, -0.15) is 0 Å². The summed E-state index contributed by atoms with van der Waals surface area (Å²) in [6.07, 6.45) is 1.97. The highest BCUT2D eigenvalue weighted by Gasteiger charge is 2.36. The Kier molecular flexibility index (Phi) is 2.75. The molecule has 0 amide bonds. The Hall–Kier alpha value is -0.800. The fourth-order valence-corrected chi connectivity index (χ4v) is 3.30. The molecule has 1 aromatic rings. The van der Waals surface area contributed by atoms with Crippen molar-refractivity contribution in [3.05, 3.63) is 22.3 Å². The highest BCUT2D eigenvalue weighted by molar-refractivity contribution is 6.31. The second kappa shape index (κ2) is 4.14. The number of nitrogens with one attached hydrogen (secondary N) is 1. The Morgan fingerprint density at radius 3 is 3.12 bits per heavy atom. The third-order valence-corrected chi connectivity index (χ3v) is 4.15. The second-order valence-electron chi connectivity index (χ2n) is 5.03. The summed E-state index contributed by atoms with van der Waals surface area (Å²) in [5.41, 5.74) is 2.34. The monoisotopic (exact) mass is 251 g/mol. The maximum atomic E-state index is 6.25. The van der Waals surface area contributed by atoms with E-state index < -0.39 is 0 Å². The molecule has 0 bridgehead atoms. The largest absolute Gasteiger partial charge is 0.348 e. The summed E-state index contributed by atoms with van der Waals surface area (Å²) in [6, 6.07) is 3.20. The van der Waals surface area contributed by atoms with Crippen molar-refractivity contribution in [3.8, 4) is 0 Å². The average molecular weight is 252 g/mol. The van der Waals surface area contributed by atoms with E-state index in [9.17, 15) is 0 Å². The maximum absolute atomic E-state index is 6.25. The van der Waals surface area contributed by atoms with Crippen LogP contribution in [0.1, 0.15) is 25.1 Å². The van der Waals surface area contributed by atoms with Gasteiger partial charge in [0.2, 0.25) is 0 Å². The van der Waals surface area contributed by atoms with Crippen molar-refractivity contribution in [3.63, 3.8) is 0 Å². The summed E-state index contributed by atoms with van der Waals surface area (Å²) in [4.78, 5) is 7.25. The van der Waals surface area contributed by atoms with Gasteiger partial charge in [-0.05, 0) is 31.4 Å². The van der Waals surface area contributed by atoms with Gasteiger partial charge in [0, 0.05) is 25.2 Å². The Bertz CT molecular complexity index is 447. The molecule has 0 spiro atoms. The number of aromatic nitrogens is 1. The molecule has 0 saturated carbocycles. The fraction of sp³-hybridized carbons (Fsp3) is 0.615. The zero-order valence-corrected chi connectivity index (χ0v) is 11.1. The Morgan fingerprint density at radius 2 is 2.35 bits per heavy atom. The number of hydrogen-bond acceptors (Lipinski definition) is 3. The molecule has 3 rings (SSSR count). The molecule has 3 heterocycles. The lowest BCUT2D eigenvalue weighted by atomic mass is 10.1. The highest BCUT2D eigenvalue weighted by Crippen LogP contribution is 2.35. The third kappa shape index (κ3) is 1.72. The molecule has 17 heavy (non-hydrogen) atoms. The molecule has 0 radical (unpaired) electrons. The van der Waals surface area contributed by atoms with Crippen LogP contribution in [0.25, 0.3) is 0 Å². The molecular weight excluding hydrogens is 234 g/mol. The molecule has 1 fully saturated rings. The number of hydrogen-bond donors (Lipinski definition) is 1. The molecule has 3 nitrogen and oxygen atoms in total. The van der Waals surface area contributed by atoms with Crippen molar-refractivity contribution in [2.75, 3.05) is 18.0 Å². The minimum atomic E-state index is 0.522. The lowest BCUT2D eigenvalue weighted by Crippen LogP contribution is -2.55. The summed E-state index contributed by atoms with van der Waals surface area (Å²) in [5.74, 6) is 1.17. The molecule has 2 atom stereocenters. The minimum absolute atomic E-state index is 0.522. The van der Waals surface area contributed by atoms with Crippen LogP contribution in [0.2, 0.25) is 5.02 Å². The van der Waals surface area contributed by atoms with Gasteiger partial charge < -0.3 is 10.2 Å². The first-order chi connectivity index (χ1) is 8.20. The van der Waals surface area contributed by atoms with Crippen LogP contribution >= 0.6 is 11.6 Å². The van der Waals surface area contributed by atoms with Gasteiger partial charge in [0.05, 0.1) is 10.7 Å². The number of aryl methyl sites for hydroxylation is 1. The number of rotatable bonds is 1. The van der Waals surface area contributed by atoms with Crippen molar-refractivity contribution < 1.29 is 0 Å². The van der Waals surface area contributed by atoms with E-state index in [1.165, 1.54) is 11.4 Å². The van der Waals surface area contributed by atoms with Crippen LogP contribution in [-0.2, 0) is 12.8 Å². The van der Waals surface area contributed by atoms with E-state index in [0.29, 0.717) is 12.1 Å². The van der Waals surface area contributed by atoms with Crippen LogP contribution in [0, 0.1) is 0 Å². The smallest absolute Gasteiger partial charge is 0.132 e. The Balaban J connectivity index is 2.05. The van der Waals surface area contributed by atoms with Crippen molar-refractivity contribution in [2.45, 2.75) is 38.8 Å². The molecule has 1 saturated heterocycles. The van der Waals surface area contributed by atoms with Crippen molar-refractivity contribution >= 4 is 17.4 Å². The van der Waals surface area contributed by atoms with Crippen molar-refractivity contribution in [1.29, 1.82) is 0 Å². The molecule has 0 unspecified atom stereocenters. The lowest BCUT2D eigenvalue weighted by molar-refractivity contribution is 0.427. The van der Waals surface area contributed by atoms with E-state index in [2.05, 4.69) is 30.1 Å². The first-order valence-corrected chi connectivity index (χ1v) is 6.75. The number of halogens is 1. The summed E-state index contributed by atoms with van der Waals surface area (Å²) in [5, 5.41) is 4.31. The summed E-state index contributed by atoms with van der Waals surface area (Å²) < 4.78 is 0. The zero-order chi connectivity index (χ0) is 12.0. The number of pyridine rings is 1. The summed E-state index contributed by atoms with van der Waals surface area (Å²) in [6.45, 7) is 6.46. The van der Waals surface area contributed by atoms with Gasteiger partial charge >= 0.3 is 0 Å². The van der Waals surface area contributed by atoms with Crippen LogP contribution < -0.4 is 10.2 Å². The molecule has 0 aromatic carbocycles. The molecule has 1 aromatic heterocycles. The van der Waals surface area contributed by atoms with Crippen LogP contribution in [-0.4, -0.2) is 30.2 Å². The van der Waals surface area contributed by atoms with E-state index >= 15 is 0 Å². The van der Waals surface area contributed by atoms with Crippen LogP contribution in [0.3, 0.4) is 0 Å². The summed E-state index contributed by atoms with van der Waals surface area (Å²) >= 11 is 6.25. The standard InChI is InChI=1S/C13H18ClN3/c1-3-12-11(14)5-9-4-10-7-15-6-8(2)17(10)13(9)16-12/h5,8,10,15H,3-4,6-7H2,1-2H3/t8-,10-/m1/s1. The second-order valence-corrected chi connectivity index (χ2v) is 5.43. The first kappa shape index (κ1) is 11.3. The van der Waals surface area contributed by atoms with E-state index in [-0.39, 0.29) is 0 Å². The molecule has 2 aliphatic rings. The lowest BCUT2D eigenvalue weighted by Gasteiger charge is -2.37. The van der Waals surface area contributed by atoms with Gasteiger partial charge in [-0.15, -0.1) is 0 Å². The van der Waals surface area contributed by atoms with Gasteiger partial charge in [-0.3, -0.25) is 0 Å². The molecule has 2 aliphatic heterocycles. The SMILES string of the molecule is CCc1nc2c(cc1Cl)C[C@@H]1CNC[C@@H](C)N21. The van der Waals surface area contributed by atoms with Gasteiger partial charge in [-0.25, -0.2) is 4.98 Å². The highest BCUT2D eigenvalue weighted by atomic mass is 35.5. The van der Waals surface area contributed by atoms with Crippen molar-refractivity contribution in [1.82, 2.24) is 10.3 Å². The Morgan fingerprint density at radius 1 is 1.53 bits per heavy atom. The minimum Gasteiger partial charge on any atom is -0.348 e. The van der Waals surface area contributed by atoms with Gasteiger partial charge in [0.1, 0.15) is 5.82 Å². The average Bonchev–Trinajstić information content (AvgIpc) is 2.66. The van der Waals surface area contributed by atoms with Gasteiger partial charge in [0.15, 0.2) is 0 Å². The fourth-order valence-electron chi connectivity index (χ4n) is 3.00. The number of nitrogens with zero attached hydrogens (tertiary/aromatic N) is 2. The predicted molar refractivity (Wildman–Crippen MR) is 70.9 cm³/mol. The quantitative estimate of drug-likeness (QED) is 0.828. The van der Waals surface area contributed by atoms with Crippen LogP contribution in [0.5, 0.6) is 0 Å². The van der Waals surface area contributed by atoms with E-state index in [0.717, 1.165) is 36.6 Å². The van der Waals surface area contributed by atoms with Gasteiger partial charge in [0.25, 0.3) is 0 Å². The molecule has 4 heteroatoms. The van der Waals surface area contributed by atoms with Crippen LogP contribution in [0.4, 0.5) is 5.82 Å². The first-order valence-electron chi connectivity index (χ1n) is 6.38. The molecule has 0 aliphatic carbocycles. The maximum Gasteiger partial charge on any atom is 0.132 e. The number of anilines is 1. The number of fused-ring (bicyclic) bond motifs is 3. The van der Waals surface area contributed by atoms with Crippen LogP contribution in [0.15, 0.2) is 6.07 Å². The third-order valence-electron chi connectivity index (χ3n) is 3.83. The Labute approximate surface area is 107 Å². The zero-order valence-electron chi connectivity index (χ0n) is 10.3. The van der Waals surface area contributed by atoms with Crippen molar-refractivity contribution in [2.24, 2.45) is 0 Å². The molecule has 92 valence electrons. The number of piperazine rings is 1. The molecule has 1 N–H and O–H groups in total.